The van der Waals surface area contributed by atoms with Gasteiger partial charge in [-0.3, -0.25) is 19.3 Å². The number of hydrogen-bond acceptors (Lipinski definition) is 6. The van der Waals surface area contributed by atoms with Gasteiger partial charge in [0.2, 0.25) is 0 Å². The summed E-state index contributed by atoms with van der Waals surface area (Å²) in [4.78, 5) is 38.9. The molecular weight excluding hydrogens is 488 g/mol. The van der Waals surface area contributed by atoms with Gasteiger partial charge in [-0.05, 0) is 60.3 Å². The minimum absolute atomic E-state index is 0.114. The summed E-state index contributed by atoms with van der Waals surface area (Å²) in [6.45, 7) is 0.0644. The van der Waals surface area contributed by atoms with Crippen LogP contribution in [0.15, 0.2) is 83.8 Å². The first kappa shape index (κ1) is 24.4. The molecule has 3 aromatic rings. The summed E-state index contributed by atoms with van der Waals surface area (Å²) < 4.78 is 11.3. The summed E-state index contributed by atoms with van der Waals surface area (Å²) in [5, 5.41) is 2.97. The second-order valence-corrected chi connectivity index (χ2v) is 8.81. The van der Waals surface area contributed by atoms with E-state index in [4.69, 9.17) is 21.1 Å². The third kappa shape index (κ3) is 6.65. The first-order valence-electron chi connectivity index (χ1n) is 10.7. The summed E-state index contributed by atoms with van der Waals surface area (Å²) in [6.07, 6.45) is 1.59. The Morgan fingerprint density at radius 3 is 2.43 bits per heavy atom. The first-order valence-corrected chi connectivity index (χ1v) is 11.9. The van der Waals surface area contributed by atoms with Gasteiger partial charge in [0.05, 0.1) is 11.4 Å². The van der Waals surface area contributed by atoms with E-state index in [9.17, 15) is 14.4 Å². The van der Waals surface area contributed by atoms with Crippen LogP contribution in [0.3, 0.4) is 0 Å². The smallest absolute Gasteiger partial charge is 0.293 e. The third-order valence-electron chi connectivity index (χ3n) is 4.89. The molecule has 3 amide bonds. The first-order chi connectivity index (χ1) is 17.0. The third-order valence-corrected chi connectivity index (χ3v) is 6.05. The van der Waals surface area contributed by atoms with Crippen molar-refractivity contribution in [3.8, 4) is 11.5 Å². The Bertz CT molecular complexity index is 1250. The largest absolute Gasteiger partial charge is 0.492 e. The maximum atomic E-state index is 12.8. The molecule has 1 aliphatic rings. The molecule has 1 aliphatic heterocycles. The summed E-state index contributed by atoms with van der Waals surface area (Å²) >= 11 is 6.71. The molecule has 0 bridgehead atoms. The molecule has 0 radical (unpaired) electrons. The summed E-state index contributed by atoms with van der Waals surface area (Å²) in [7, 11) is 0. The highest BCUT2D eigenvalue weighted by molar-refractivity contribution is 8.18. The summed E-state index contributed by atoms with van der Waals surface area (Å²) in [5.41, 5.74) is 1.26. The van der Waals surface area contributed by atoms with Crippen molar-refractivity contribution in [2.45, 2.75) is 0 Å². The van der Waals surface area contributed by atoms with Gasteiger partial charge >= 0.3 is 0 Å². The van der Waals surface area contributed by atoms with Crippen LogP contribution >= 0.6 is 23.4 Å². The molecule has 178 valence electrons. The maximum Gasteiger partial charge on any atom is 0.293 e. The van der Waals surface area contributed by atoms with E-state index in [1.54, 1.807) is 66.7 Å². The van der Waals surface area contributed by atoms with Crippen LogP contribution in [-0.2, 0) is 9.59 Å². The molecule has 0 atom stereocenters. The molecule has 1 heterocycles. The number of benzene rings is 3. The molecule has 9 heteroatoms. The van der Waals surface area contributed by atoms with E-state index in [2.05, 4.69) is 5.32 Å². The summed E-state index contributed by atoms with van der Waals surface area (Å²) in [5.74, 6) is 0.302. The number of carbonyl (C=O) groups is 3. The van der Waals surface area contributed by atoms with E-state index in [0.717, 1.165) is 16.7 Å². The fourth-order valence-corrected chi connectivity index (χ4v) is 4.19. The lowest BCUT2D eigenvalue weighted by atomic mass is 10.2. The van der Waals surface area contributed by atoms with Crippen molar-refractivity contribution in [2.75, 3.05) is 25.1 Å². The van der Waals surface area contributed by atoms with Gasteiger partial charge in [-0.2, -0.15) is 0 Å². The Kier molecular flexibility index (Phi) is 8.07. The van der Waals surface area contributed by atoms with Gasteiger partial charge in [-0.1, -0.05) is 48.0 Å². The van der Waals surface area contributed by atoms with Crippen molar-refractivity contribution in [3.63, 3.8) is 0 Å². The number of carbonyl (C=O) groups excluding carboxylic acids is 3. The highest BCUT2D eigenvalue weighted by Crippen LogP contribution is 2.34. The van der Waals surface area contributed by atoms with Gasteiger partial charge in [0, 0.05) is 16.3 Å². The second-order valence-electron chi connectivity index (χ2n) is 7.38. The van der Waals surface area contributed by atoms with Crippen molar-refractivity contribution < 1.29 is 23.9 Å². The Morgan fingerprint density at radius 1 is 0.943 bits per heavy atom. The van der Waals surface area contributed by atoms with Gasteiger partial charge in [0.15, 0.2) is 6.61 Å². The number of ether oxygens (including phenoxy) is 2. The molecule has 0 unspecified atom stereocenters. The molecule has 1 N–H and O–H groups in total. The van der Waals surface area contributed by atoms with Crippen LogP contribution in [0.25, 0.3) is 6.08 Å². The number of nitrogens with zero attached hydrogens (tertiary/aromatic N) is 1. The lowest BCUT2D eigenvalue weighted by Crippen LogP contribution is -2.32. The average Bonchev–Trinajstić information content (AvgIpc) is 3.12. The van der Waals surface area contributed by atoms with Crippen LogP contribution in [0.4, 0.5) is 10.5 Å². The van der Waals surface area contributed by atoms with Crippen LogP contribution in [0, 0.1) is 0 Å². The van der Waals surface area contributed by atoms with E-state index in [-0.39, 0.29) is 35.8 Å². The lowest BCUT2D eigenvalue weighted by molar-refractivity contribution is -0.123. The van der Waals surface area contributed by atoms with E-state index in [0.29, 0.717) is 27.8 Å². The number of rotatable bonds is 9. The van der Waals surface area contributed by atoms with Crippen molar-refractivity contribution >= 4 is 52.2 Å². The molecule has 0 aliphatic carbocycles. The van der Waals surface area contributed by atoms with E-state index < -0.39 is 5.91 Å². The maximum absolute atomic E-state index is 12.8. The molecule has 1 saturated heterocycles. The number of hydrogen-bond donors (Lipinski definition) is 1. The van der Waals surface area contributed by atoms with Crippen LogP contribution in [-0.4, -0.2) is 41.7 Å². The predicted molar refractivity (Wildman–Crippen MR) is 137 cm³/mol. The molecule has 0 saturated carbocycles. The minimum Gasteiger partial charge on any atom is -0.492 e. The molecule has 4 rings (SSSR count). The van der Waals surface area contributed by atoms with Gasteiger partial charge in [-0.15, -0.1) is 0 Å². The molecular formula is C26H21ClN2O5S. The highest BCUT2D eigenvalue weighted by Gasteiger charge is 2.35. The fourth-order valence-electron chi connectivity index (χ4n) is 3.21. The SMILES string of the molecule is O=C(COc1ccccc1/C=C1\SC(=O)N(CCOc2ccc(Cl)cc2)C1=O)Nc1ccccc1. The Morgan fingerprint density at radius 2 is 1.66 bits per heavy atom. The number of imide groups is 1. The second kappa shape index (κ2) is 11.6. The lowest BCUT2D eigenvalue weighted by Gasteiger charge is -2.13. The number of nitrogens with one attached hydrogen (secondary N) is 1. The predicted octanol–water partition coefficient (Wildman–Crippen LogP) is 5.47. The van der Waals surface area contributed by atoms with Crippen molar-refractivity contribution in [1.82, 2.24) is 4.90 Å². The number of anilines is 1. The van der Waals surface area contributed by atoms with Crippen LogP contribution in [0.2, 0.25) is 5.02 Å². The molecule has 35 heavy (non-hydrogen) atoms. The molecule has 1 fully saturated rings. The minimum atomic E-state index is -0.406. The fraction of sp³-hybridized carbons (Fsp3) is 0.115. The van der Waals surface area contributed by atoms with Gasteiger partial charge in [0.25, 0.3) is 17.1 Å². The van der Waals surface area contributed by atoms with E-state index in [1.165, 1.54) is 0 Å². The number of halogens is 1. The number of amides is 3. The van der Waals surface area contributed by atoms with Crippen LogP contribution in [0.1, 0.15) is 5.56 Å². The Balaban J connectivity index is 1.36. The monoisotopic (exact) mass is 508 g/mol. The number of thioether (sulfide) groups is 1. The van der Waals surface area contributed by atoms with Crippen molar-refractivity contribution in [3.05, 3.63) is 94.4 Å². The molecule has 3 aromatic carbocycles. The molecule has 0 aromatic heterocycles. The topological polar surface area (TPSA) is 84.9 Å². The van der Waals surface area contributed by atoms with Gasteiger partial charge in [-0.25, -0.2) is 0 Å². The zero-order valence-corrected chi connectivity index (χ0v) is 20.1. The van der Waals surface area contributed by atoms with Crippen molar-refractivity contribution in [2.24, 2.45) is 0 Å². The van der Waals surface area contributed by atoms with Gasteiger partial charge < -0.3 is 14.8 Å². The Hall–Kier alpha value is -3.75. The standard InChI is InChI=1S/C26H21ClN2O5S/c27-19-10-12-21(13-11-19)33-15-14-29-25(31)23(35-26(29)32)16-18-6-4-5-9-22(18)34-17-24(30)28-20-7-2-1-3-8-20/h1-13,16H,14-15,17H2,(H,28,30)/b23-16-. The summed E-state index contributed by atoms with van der Waals surface area (Å²) in [6, 6.07) is 22.9. The average molecular weight is 509 g/mol. The van der Waals surface area contributed by atoms with Crippen molar-refractivity contribution in [1.29, 1.82) is 0 Å². The Labute approximate surface area is 211 Å². The van der Waals surface area contributed by atoms with E-state index in [1.807, 2.05) is 18.2 Å². The normalized spacial score (nSPS) is 14.3. The number of para-hydroxylation sites is 2. The molecule has 0 spiro atoms. The van der Waals surface area contributed by atoms with E-state index >= 15 is 0 Å². The zero-order chi connectivity index (χ0) is 24.6. The highest BCUT2D eigenvalue weighted by atomic mass is 35.5. The van der Waals surface area contributed by atoms with Crippen LogP contribution in [0.5, 0.6) is 11.5 Å². The van der Waals surface area contributed by atoms with Crippen LogP contribution < -0.4 is 14.8 Å². The zero-order valence-electron chi connectivity index (χ0n) is 18.5. The molecule has 7 nitrogen and oxygen atoms in total. The quantitative estimate of drug-likeness (QED) is 0.386. The van der Waals surface area contributed by atoms with Gasteiger partial charge in [0.1, 0.15) is 18.1 Å².